The van der Waals surface area contributed by atoms with E-state index in [-0.39, 0.29) is 18.4 Å². The van der Waals surface area contributed by atoms with Gasteiger partial charge in [0.1, 0.15) is 5.75 Å². The summed E-state index contributed by atoms with van der Waals surface area (Å²) in [4.78, 5) is 25.0. The van der Waals surface area contributed by atoms with Gasteiger partial charge in [-0.15, -0.1) is 0 Å². The van der Waals surface area contributed by atoms with E-state index in [1.807, 2.05) is 44.2 Å². The Bertz CT molecular complexity index is 1310. The number of carbonyl (C=O) groups excluding carboxylic acids is 2. The van der Waals surface area contributed by atoms with Crippen molar-refractivity contribution in [3.8, 4) is 5.75 Å². The van der Waals surface area contributed by atoms with Gasteiger partial charge in [-0.2, -0.15) is 5.10 Å². The summed E-state index contributed by atoms with van der Waals surface area (Å²) in [6.07, 6.45) is 1.53. The minimum Gasteiger partial charge on any atom is -0.484 e. The highest BCUT2D eigenvalue weighted by Gasteiger charge is 2.20. The maximum atomic E-state index is 12.7. The summed E-state index contributed by atoms with van der Waals surface area (Å²) in [6, 6.07) is 16.5. The van der Waals surface area contributed by atoms with Crippen molar-refractivity contribution in [1.29, 1.82) is 0 Å². The fraction of sp³-hybridized carbons (Fsp3) is 0.192. The van der Waals surface area contributed by atoms with Crippen LogP contribution in [-0.2, 0) is 11.2 Å². The molecule has 3 aromatic carbocycles. The molecule has 8 heteroatoms. The van der Waals surface area contributed by atoms with Crippen molar-refractivity contribution in [3.05, 3.63) is 91.9 Å². The molecule has 0 aliphatic heterocycles. The van der Waals surface area contributed by atoms with Gasteiger partial charge in [-0.3, -0.25) is 9.59 Å². The van der Waals surface area contributed by atoms with Gasteiger partial charge in [0.05, 0.1) is 5.71 Å². The molecule has 0 fully saturated rings. The number of halogens is 2. The van der Waals surface area contributed by atoms with Crippen LogP contribution < -0.4 is 15.5 Å². The van der Waals surface area contributed by atoms with Gasteiger partial charge in [-0.1, -0.05) is 33.6 Å². The number of hydrogen-bond donors (Lipinski definition) is 2. The molecule has 0 unspecified atom stereocenters. The van der Waals surface area contributed by atoms with E-state index in [2.05, 4.69) is 31.8 Å². The second kappa shape index (κ2) is 10.4. The van der Waals surface area contributed by atoms with Crippen LogP contribution in [0.4, 0.5) is 5.69 Å². The average molecular weight is 541 g/mol. The van der Waals surface area contributed by atoms with Crippen molar-refractivity contribution in [2.45, 2.75) is 26.7 Å². The van der Waals surface area contributed by atoms with Crippen molar-refractivity contribution in [1.82, 2.24) is 5.43 Å². The lowest BCUT2D eigenvalue weighted by Gasteiger charge is -2.10. The Kier molecular flexibility index (Phi) is 7.34. The number of nitrogens with one attached hydrogen (secondary N) is 2. The monoisotopic (exact) mass is 539 g/mol. The number of rotatable bonds is 6. The van der Waals surface area contributed by atoms with E-state index in [0.717, 1.165) is 38.9 Å². The Hall–Kier alpha value is -3.16. The molecule has 1 aliphatic carbocycles. The number of hydrogen-bond acceptors (Lipinski definition) is 4. The maximum absolute atomic E-state index is 12.7. The number of hydrazone groups is 1. The van der Waals surface area contributed by atoms with Gasteiger partial charge in [-0.05, 0) is 91.9 Å². The molecule has 6 nitrogen and oxygen atoms in total. The summed E-state index contributed by atoms with van der Waals surface area (Å²) in [5, 5.41) is 7.91. The maximum Gasteiger partial charge on any atom is 0.277 e. The van der Waals surface area contributed by atoms with Gasteiger partial charge in [0.2, 0.25) is 0 Å². The molecule has 0 radical (unpaired) electrons. The van der Waals surface area contributed by atoms with Crippen molar-refractivity contribution in [2.24, 2.45) is 5.10 Å². The molecule has 2 amide bonds. The predicted molar refractivity (Wildman–Crippen MR) is 138 cm³/mol. The highest BCUT2D eigenvalue weighted by molar-refractivity contribution is 9.10. The molecular weight excluding hydrogens is 518 g/mol. The van der Waals surface area contributed by atoms with Crippen LogP contribution in [-0.4, -0.2) is 24.1 Å². The Balaban J connectivity index is 1.40. The second-order valence-corrected chi connectivity index (χ2v) is 9.40. The Morgan fingerprint density at radius 1 is 1.03 bits per heavy atom. The molecule has 174 valence electrons. The highest BCUT2D eigenvalue weighted by Crippen LogP contribution is 2.26. The second-order valence-electron chi connectivity index (χ2n) is 8.08. The van der Waals surface area contributed by atoms with Crippen LogP contribution in [0, 0.1) is 13.8 Å². The number of aryl methyl sites for hydroxylation is 3. The highest BCUT2D eigenvalue weighted by atomic mass is 79.9. The molecular formula is C26H23BrClN3O3. The van der Waals surface area contributed by atoms with Gasteiger partial charge >= 0.3 is 0 Å². The standard InChI is InChI=1S/C26H23BrClN3O3/c1-15-11-18(27)5-8-21(15)26(33)29-19-6-3-17-4-10-24(22(17)13-19)30-31-25(32)14-34-20-7-9-23(28)16(2)12-20/h3,5-9,11-13H,4,10,14H2,1-2H3,(H,29,33)(H,31,32)/b30-24+. The topological polar surface area (TPSA) is 79.8 Å². The lowest BCUT2D eigenvalue weighted by atomic mass is 10.1. The quantitative estimate of drug-likeness (QED) is 0.387. The van der Waals surface area contributed by atoms with Gasteiger partial charge in [-0.25, -0.2) is 5.43 Å². The first-order valence-corrected chi connectivity index (χ1v) is 11.9. The zero-order valence-electron chi connectivity index (χ0n) is 18.7. The molecule has 0 saturated heterocycles. The Morgan fingerprint density at radius 3 is 2.62 bits per heavy atom. The minimum absolute atomic E-state index is 0.159. The average Bonchev–Trinajstić information content (AvgIpc) is 3.20. The summed E-state index contributed by atoms with van der Waals surface area (Å²) in [6.45, 7) is 3.61. The van der Waals surface area contributed by atoms with Crippen molar-refractivity contribution < 1.29 is 14.3 Å². The van der Waals surface area contributed by atoms with Crippen LogP contribution in [0.5, 0.6) is 5.75 Å². The lowest BCUT2D eigenvalue weighted by Crippen LogP contribution is -2.25. The van der Waals surface area contributed by atoms with E-state index in [1.54, 1.807) is 24.3 Å². The molecule has 2 N–H and O–H groups in total. The molecule has 0 atom stereocenters. The fourth-order valence-electron chi connectivity index (χ4n) is 3.74. The number of benzene rings is 3. The molecule has 34 heavy (non-hydrogen) atoms. The third-order valence-electron chi connectivity index (χ3n) is 5.56. The van der Waals surface area contributed by atoms with Gasteiger partial charge in [0, 0.05) is 26.3 Å². The van der Waals surface area contributed by atoms with E-state index in [4.69, 9.17) is 16.3 Å². The smallest absolute Gasteiger partial charge is 0.277 e. The number of fused-ring (bicyclic) bond motifs is 1. The lowest BCUT2D eigenvalue weighted by molar-refractivity contribution is -0.123. The zero-order valence-corrected chi connectivity index (χ0v) is 21.1. The summed E-state index contributed by atoms with van der Waals surface area (Å²) >= 11 is 9.43. The Morgan fingerprint density at radius 2 is 1.85 bits per heavy atom. The van der Waals surface area contributed by atoms with Crippen LogP contribution in [0.3, 0.4) is 0 Å². The molecule has 0 bridgehead atoms. The normalized spacial score (nSPS) is 13.5. The molecule has 1 aliphatic rings. The minimum atomic E-state index is -0.358. The molecule has 0 spiro atoms. The molecule has 3 aromatic rings. The number of carbonyl (C=O) groups is 2. The SMILES string of the molecule is Cc1cc(OCC(=O)N/N=C2\CCc3ccc(NC(=O)c4ccc(Br)cc4C)cc32)ccc1Cl. The van der Waals surface area contributed by atoms with E-state index in [1.165, 1.54) is 0 Å². The van der Waals surface area contributed by atoms with Crippen LogP contribution in [0.1, 0.15) is 39.0 Å². The van der Waals surface area contributed by atoms with Crippen LogP contribution >= 0.6 is 27.5 Å². The molecule has 0 saturated carbocycles. The largest absolute Gasteiger partial charge is 0.484 e. The molecule has 4 rings (SSSR count). The van der Waals surface area contributed by atoms with Crippen LogP contribution in [0.2, 0.25) is 5.02 Å². The molecule has 0 aromatic heterocycles. The summed E-state index contributed by atoms with van der Waals surface area (Å²) in [7, 11) is 0. The zero-order chi connectivity index (χ0) is 24.2. The van der Waals surface area contributed by atoms with Crippen LogP contribution in [0.15, 0.2) is 64.2 Å². The first-order chi connectivity index (χ1) is 16.3. The number of anilines is 1. The Labute approximate surface area is 211 Å². The van der Waals surface area contributed by atoms with Gasteiger partial charge < -0.3 is 10.1 Å². The number of nitrogens with zero attached hydrogens (tertiary/aromatic N) is 1. The van der Waals surface area contributed by atoms with E-state index < -0.39 is 0 Å². The first kappa shape index (κ1) is 24.0. The van der Waals surface area contributed by atoms with E-state index in [9.17, 15) is 9.59 Å². The summed E-state index contributed by atoms with van der Waals surface area (Å²) < 4.78 is 6.45. The van der Waals surface area contributed by atoms with Crippen LogP contribution in [0.25, 0.3) is 0 Å². The number of ether oxygens (including phenoxy) is 1. The summed E-state index contributed by atoms with van der Waals surface area (Å²) in [5.74, 6) is 0.0327. The third-order valence-corrected chi connectivity index (χ3v) is 6.48. The number of amides is 2. The van der Waals surface area contributed by atoms with Crippen molar-refractivity contribution in [3.63, 3.8) is 0 Å². The van der Waals surface area contributed by atoms with Crippen molar-refractivity contribution in [2.75, 3.05) is 11.9 Å². The van der Waals surface area contributed by atoms with Crippen molar-refractivity contribution >= 4 is 50.7 Å². The van der Waals surface area contributed by atoms with E-state index >= 15 is 0 Å². The van der Waals surface area contributed by atoms with E-state index in [0.29, 0.717) is 28.4 Å². The fourth-order valence-corrected chi connectivity index (χ4v) is 4.34. The van der Waals surface area contributed by atoms with Gasteiger partial charge in [0.15, 0.2) is 6.61 Å². The predicted octanol–water partition coefficient (Wildman–Crippen LogP) is 5.82. The third kappa shape index (κ3) is 5.66. The summed E-state index contributed by atoms with van der Waals surface area (Å²) in [5.41, 5.74) is 8.42. The molecule has 0 heterocycles. The van der Waals surface area contributed by atoms with Gasteiger partial charge in [0.25, 0.3) is 11.8 Å². The first-order valence-electron chi connectivity index (χ1n) is 10.8.